The van der Waals surface area contributed by atoms with E-state index in [0.29, 0.717) is 28.5 Å². The quantitative estimate of drug-likeness (QED) is 0.618. The summed E-state index contributed by atoms with van der Waals surface area (Å²) in [5.41, 5.74) is 2.88. The van der Waals surface area contributed by atoms with Crippen LogP contribution in [-0.4, -0.2) is 36.3 Å². The molecule has 148 valence electrons. The van der Waals surface area contributed by atoms with Gasteiger partial charge in [-0.3, -0.25) is 4.79 Å². The topological polar surface area (TPSA) is 102 Å². The Morgan fingerprint density at radius 3 is 2.31 bits per heavy atom. The number of nitrogens with one attached hydrogen (secondary N) is 2. The van der Waals surface area contributed by atoms with Crippen LogP contribution in [0.2, 0.25) is 0 Å². The number of anilines is 3. The van der Waals surface area contributed by atoms with Crippen molar-refractivity contribution in [2.75, 3.05) is 24.9 Å². The van der Waals surface area contributed by atoms with Gasteiger partial charge in [-0.05, 0) is 61.0 Å². The number of esters is 1. The van der Waals surface area contributed by atoms with Crippen molar-refractivity contribution in [2.24, 2.45) is 0 Å². The van der Waals surface area contributed by atoms with E-state index in [4.69, 9.17) is 4.74 Å². The summed E-state index contributed by atoms with van der Waals surface area (Å²) < 4.78 is 9.93. The Labute approximate surface area is 167 Å². The highest BCUT2D eigenvalue weighted by atomic mass is 16.5. The van der Waals surface area contributed by atoms with Crippen molar-refractivity contribution in [1.29, 1.82) is 0 Å². The van der Waals surface area contributed by atoms with E-state index in [1.54, 1.807) is 42.5 Å². The second-order valence-corrected chi connectivity index (χ2v) is 6.16. The lowest BCUT2D eigenvalue weighted by atomic mass is 10.2. The molecule has 8 heteroatoms. The molecule has 0 bridgehead atoms. The smallest absolute Gasteiger partial charge is 0.337 e. The number of nitrogens with zero attached hydrogens (tertiary/aromatic N) is 2. The van der Waals surface area contributed by atoms with Crippen molar-refractivity contribution >= 4 is 29.1 Å². The van der Waals surface area contributed by atoms with Crippen molar-refractivity contribution in [3.63, 3.8) is 0 Å². The van der Waals surface area contributed by atoms with Crippen molar-refractivity contribution in [2.45, 2.75) is 6.92 Å². The van der Waals surface area contributed by atoms with Gasteiger partial charge in [0.15, 0.2) is 11.5 Å². The molecule has 0 saturated carbocycles. The maximum atomic E-state index is 12.5. The van der Waals surface area contributed by atoms with E-state index in [1.807, 2.05) is 19.1 Å². The number of aromatic nitrogens is 2. The third-order valence-electron chi connectivity index (χ3n) is 4.08. The molecule has 1 heterocycles. The summed E-state index contributed by atoms with van der Waals surface area (Å²) in [4.78, 5) is 23.9. The molecule has 3 rings (SSSR count). The molecular weight excluding hydrogens is 372 g/mol. The predicted octanol–water partition coefficient (Wildman–Crippen LogP) is 3.58. The SMILES string of the molecule is COC(=O)c1ccc(Nc2ccc(C(=O)Nc3cc(C)ccc3OC)nn2)cc1. The zero-order valence-corrected chi connectivity index (χ0v) is 16.2. The first-order valence-corrected chi connectivity index (χ1v) is 8.75. The summed E-state index contributed by atoms with van der Waals surface area (Å²) in [6, 6.07) is 15.4. The molecule has 0 saturated heterocycles. The standard InChI is InChI=1S/C21H20N4O4/c1-13-4-10-18(28-2)17(12-13)23-20(26)16-9-11-19(25-24-16)22-15-7-5-14(6-8-15)21(27)29-3/h4-12H,1-3H3,(H,22,25)(H,23,26). The first-order chi connectivity index (χ1) is 14.0. The molecule has 0 aliphatic rings. The maximum Gasteiger partial charge on any atom is 0.337 e. The van der Waals surface area contributed by atoms with Crippen LogP contribution in [0.5, 0.6) is 5.75 Å². The molecule has 2 N–H and O–H groups in total. The van der Waals surface area contributed by atoms with Crippen LogP contribution >= 0.6 is 0 Å². The molecule has 0 fully saturated rings. The Morgan fingerprint density at radius 1 is 0.931 bits per heavy atom. The second-order valence-electron chi connectivity index (χ2n) is 6.16. The molecule has 0 atom stereocenters. The summed E-state index contributed by atoms with van der Waals surface area (Å²) in [5, 5.41) is 13.8. The van der Waals surface area contributed by atoms with E-state index in [9.17, 15) is 9.59 Å². The summed E-state index contributed by atoms with van der Waals surface area (Å²) in [7, 11) is 2.87. The second kappa shape index (κ2) is 8.83. The Morgan fingerprint density at radius 2 is 1.69 bits per heavy atom. The minimum absolute atomic E-state index is 0.167. The van der Waals surface area contributed by atoms with Gasteiger partial charge in [-0.1, -0.05) is 6.07 Å². The van der Waals surface area contributed by atoms with Gasteiger partial charge in [0, 0.05) is 5.69 Å². The molecule has 0 radical (unpaired) electrons. The van der Waals surface area contributed by atoms with Crippen LogP contribution in [0, 0.1) is 6.92 Å². The Kier molecular flexibility index (Phi) is 6.03. The lowest BCUT2D eigenvalue weighted by molar-refractivity contribution is 0.0600. The number of benzene rings is 2. The van der Waals surface area contributed by atoms with Gasteiger partial charge in [-0.2, -0.15) is 0 Å². The Balaban J connectivity index is 1.67. The van der Waals surface area contributed by atoms with E-state index < -0.39 is 11.9 Å². The van der Waals surface area contributed by atoms with E-state index in [0.717, 1.165) is 5.56 Å². The molecule has 0 aliphatic heterocycles. The van der Waals surface area contributed by atoms with Crippen LogP contribution in [0.25, 0.3) is 0 Å². The highest BCUT2D eigenvalue weighted by molar-refractivity contribution is 6.03. The zero-order valence-electron chi connectivity index (χ0n) is 16.2. The molecule has 1 amide bonds. The van der Waals surface area contributed by atoms with Crippen LogP contribution in [0.4, 0.5) is 17.2 Å². The minimum Gasteiger partial charge on any atom is -0.495 e. The summed E-state index contributed by atoms with van der Waals surface area (Å²) in [5.74, 6) is 0.221. The molecule has 2 aromatic carbocycles. The summed E-state index contributed by atoms with van der Waals surface area (Å²) in [6.45, 7) is 1.92. The van der Waals surface area contributed by atoms with Crippen molar-refractivity contribution in [3.8, 4) is 5.75 Å². The van der Waals surface area contributed by atoms with E-state index in [2.05, 4.69) is 25.6 Å². The third-order valence-corrected chi connectivity index (χ3v) is 4.08. The van der Waals surface area contributed by atoms with Crippen LogP contribution in [0.3, 0.4) is 0 Å². The van der Waals surface area contributed by atoms with E-state index in [1.165, 1.54) is 14.2 Å². The maximum absolute atomic E-state index is 12.5. The molecule has 0 unspecified atom stereocenters. The number of rotatable bonds is 6. The first-order valence-electron chi connectivity index (χ1n) is 8.75. The summed E-state index contributed by atoms with van der Waals surface area (Å²) >= 11 is 0. The molecule has 29 heavy (non-hydrogen) atoms. The minimum atomic E-state index is -0.406. The fourth-order valence-electron chi connectivity index (χ4n) is 2.58. The van der Waals surface area contributed by atoms with E-state index in [-0.39, 0.29) is 5.69 Å². The van der Waals surface area contributed by atoms with Gasteiger partial charge in [0.25, 0.3) is 5.91 Å². The first kappa shape index (κ1) is 19.8. The van der Waals surface area contributed by atoms with Gasteiger partial charge in [-0.25, -0.2) is 4.79 Å². The fourth-order valence-corrected chi connectivity index (χ4v) is 2.58. The number of methoxy groups -OCH3 is 2. The predicted molar refractivity (Wildman–Crippen MR) is 109 cm³/mol. The normalized spacial score (nSPS) is 10.2. The van der Waals surface area contributed by atoms with Crippen molar-refractivity contribution < 1.29 is 19.1 Å². The van der Waals surface area contributed by atoms with Crippen molar-refractivity contribution in [1.82, 2.24) is 10.2 Å². The van der Waals surface area contributed by atoms with Gasteiger partial charge >= 0.3 is 5.97 Å². The van der Waals surface area contributed by atoms with E-state index >= 15 is 0 Å². The van der Waals surface area contributed by atoms with Crippen LogP contribution in [0.15, 0.2) is 54.6 Å². The largest absolute Gasteiger partial charge is 0.495 e. The zero-order chi connectivity index (χ0) is 20.8. The van der Waals surface area contributed by atoms with Gasteiger partial charge < -0.3 is 20.1 Å². The number of hydrogen-bond acceptors (Lipinski definition) is 7. The van der Waals surface area contributed by atoms with Gasteiger partial charge in [0.1, 0.15) is 5.75 Å². The Hall–Kier alpha value is -3.94. The van der Waals surface area contributed by atoms with Crippen LogP contribution in [0.1, 0.15) is 26.4 Å². The fraction of sp³-hybridized carbons (Fsp3) is 0.143. The number of ether oxygens (including phenoxy) is 2. The van der Waals surface area contributed by atoms with Gasteiger partial charge in [0.05, 0.1) is 25.5 Å². The number of hydrogen-bond donors (Lipinski definition) is 2. The lowest BCUT2D eigenvalue weighted by Gasteiger charge is -2.11. The molecule has 3 aromatic rings. The highest BCUT2D eigenvalue weighted by Gasteiger charge is 2.12. The molecule has 1 aromatic heterocycles. The number of amides is 1. The highest BCUT2D eigenvalue weighted by Crippen LogP contribution is 2.25. The lowest BCUT2D eigenvalue weighted by Crippen LogP contribution is -2.15. The van der Waals surface area contributed by atoms with Gasteiger partial charge in [0.2, 0.25) is 0 Å². The molecule has 8 nitrogen and oxygen atoms in total. The van der Waals surface area contributed by atoms with Crippen LogP contribution < -0.4 is 15.4 Å². The third kappa shape index (κ3) is 4.86. The molecular formula is C21H20N4O4. The van der Waals surface area contributed by atoms with Crippen LogP contribution in [-0.2, 0) is 4.74 Å². The number of carbonyl (C=O) groups excluding carboxylic acids is 2. The van der Waals surface area contributed by atoms with Gasteiger partial charge in [-0.15, -0.1) is 10.2 Å². The summed E-state index contributed by atoms with van der Waals surface area (Å²) in [6.07, 6.45) is 0. The average molecular weight is 392 g/mol. The van der Waals surface area contributed by atoms with Crippen molar-refractivity contribution in [3.05, 3.63) is 71.4 Å². The number of carbonyl (C=O) groups is 2. The Bertz CT molecular complexity index is 1020. The molecule has 0 spiro atoms. The average Bonchev–Trinajstić information content (AvgIpc) is 2.74. The molecule has 0 aliphatic carbocycles. The monoisotopic (exact) mass is 392 g/mol. The number of aryl methyl sites for hydroxylation is 1.